The van der Waals surface area contributed by atoms with Gasteiger partial charge in [-0.2, -0.15) is 0 Å². The second kappa shape index (κ2) is 13.1. The van der Waals surface area contributed by atoms with Crippen molar-refractivity contribution >= 4 is 23.0 Å². The number of nitrogens with zero attached hydrogens (tertiary/aromatic N) is 4. The van der Waals surface area contributed by atoms with Crippen LogP contribution in [0.3, 0.4) is 0 Å². The molecule has 1 aromatic heterocycles. The summed E-state index contributed by atoms with van der Waals surface area (Å²) in [6.45, 7) is 15.3. The monoisotopic (exact) mass is 659 g/mol. The number of hydrogen-bond acceptors (Lipinski definition) is 5. The summed E-state index contributed by atoms with van der Waals surface area (Å²) in [6.07, 6.45) is 6.47. The standard InChI is InChI=1S/C39H54FN5O3/c1-26(2)38(7,42-36(47)48-37(4,5)6)35(46)43-20-17-39(18-21-43,28-11-10-12-29(40)23-28)19-22-44-30-15-16-31(44)25-32(24-30)45-27(3)41-33-13-8-9-14-34(33)45/h8-14,23,26,30-32H,15-22,24-25H2,1-7H3,(H,42,47). The van der Waals surface area contributed by atoms with E-state index in [0.29, 0.717) is 31.2 Å². The molecule has 48 heavy (non-hydrogen) atoms. The van der Waals surface area contributed by atoms with Crippen LogP contribution in [0.5, 0.6) is 0 Å². The number of fused-ring (bicyclic) bond motifs is 3. The average molecular weight is 660 g/mol. The SMILES string of the molecule is Cc1nc2ccccc2n1C1CC2CCC(C1)N2CCC1(c2cccc(F)c2)CCN(C(=O)C(C)(NC(=O)OC(C)(C)C)C(C)C)CC1. The third kappa shape index (κ3) is 6.72. The quantitative estimate of drug-likeness (QED) is 0.270. The number of aromatic nitrogens is 2. The number of carbonyl (C=O) groups is 2. The predicted octanol–water partition coefficient (Wildman–Crippen LogP) is 7.54. The Balaban J connectivity index is 1.16. The number of piperidine rings is 2. The maximum absolute atomic E-state index is 14.7. The van der Waals surface area contributed by atoms with Gasteiger partial charge < -0.3 is 19.5 Å². The van der Waals surface area contributed by atoms with E-state index in [1.165, 1.54) is 24.4 Å². The van der Waals surface area contributed by atoms with Crippen molar-refractivity contribution in [3.63, 3.8) is 0 Å². The minimum atomic E-state index is -1.11. The number of halogens is 1. The minimum Gasteiger partial charge on any atom is -0.444 e. The fraction of sp³-hybridized carbons (Fsp3) is 0.615. The van der Waals surface area contributed by atoms with Gasteiger partial charge >= 0.3 is 6.09 Å². The fourth-order valence-electron chi connectivity index (χ4n) is 8.72. The van der Waals surface area contributed by atoms with Crippen LogP contribution in [0.4, 0.5) is 9.18 Å². The third-order valence-corrected chi connectivity index (χ3v) is 11.6. The molecular formula is C39H54FN5O3. The molecule has 0 radical (unpaired) electrons. The highest BCUT2D eigenvalue weighted by molar-refractivity contribution is 5.90. The first-order valence-electron chi connectivity index (χ1n) is 17.9. The summed E-state index contributed by atoms with van der Waals surface area (Å²) in [5, 5.41) is 2.90. The smallest absolute Gasteiger partial charge is 0.408 e. The molecule has 0 aliphatic carbocycles. The summed E-state index contributed by atoms with van der Waals surface area (Å²) in [5.74, 6) is 0.631. The van der Waals surface area contributed by atoms with Crippen molar-refractivity contribution in [3.05, 3.63) is 65.7 Å². The normalized spacial score (nSPS) is 24.1. The summed E-state index contributed by atoms with van der Waals surface area (Å²) in [6, 6.07) is 17.1. The lowest BCUT2D eigenvalue weighted by Gasteiger charge is -2.47. The molecule has 2 amide bonds. The molecule has 6 rings (SSSR count). The topological polar surface area (TPSA) is 79.7 Å². The van der Waals surface area contributed by atoms with Crippen molar-refractivity contribution in [1.82, 2.24) is 24.7 Å². The average Bonchev–Trinajstić information content (AvgIpc) is 3.49. The van der Waals surface area contributed by atoms with E-state index in [4.69, 9.17) is 9.72 Å². The first-order chi connectivity index (χ1) is 22.7. The molecule has 3 atom stereocenters. The van der Waals surface area contributed by atoms with Crippen LogP contribution in [0, 0.1) is 18.7 Å². The number of amides is 2. The number of ether oxygens (including phenoxy) is 1. The lowest BCUT2D eigenvalue weighted by molar-refractivity contribution is -0.141. The van der Waals surface area contributed by atoms with E-state index in [2.05, 4.69) is 52.0 Å². The van der Waals surface area contributed by atoms with Crippen LogP contribution in [-0.4, -0.2) is 74.2 Å². The van der Waals surface area contributed by atoms with Crippen LogP contribution in [0.15, 0.2) is 48.5 Å². The van der Waals surface area contributed by atoms with Gasteiger partial charge in [0.05, 0.1) is 11.0 Å². The number of hydrogen-bond donors (Lipinski definition) is 1. The fourth-order valence-corrected chi connectivity index (χ4v) is 8.72. The molecule has 3 fully saturated rings. The highest BCUT2D eigenvalue weighted by Gasteiger charge is 2.47. The molecule has 3 aliphatic heterocycles. The van der Waals surface area contributed by atoms with E-state index in [1.54, 1.807) is 13.0 Å². The Morgan fingerprint density at radius 1 is 1.00 bits per heavy atom. The summed E-state index contributed by atoms with van der Waals surface area (Å²) >= 11 is 0. The van der Waals surface area contributed by atoms with Crippen molar-refractivity contribution in [2.75, 3.05) is 19.6 Å². The van der Waals surface area contributed by atoms with Gasteiger partial charge in [0.15, 0.2) is 0 Å². The summed E-state index contributed by atoms with van der Waals surface area (Å²) in [4.78, 5) is 36.4. The number of aryl methyl sites for hydroxylation is 1. The number of rotatable bonds is 8. The number of likely N-dealkylation sites (tertiary alicyclic amines) is 1. The molecule has 9 heteroatoms. The zero-order valence-electron chi connectivity index (χ0n) is 29.9. The van der Waals surface area contributed by atoms with Crippen molar-refractivity contribution in [1.29, 1.82) is 0 Å². The molecule has 2 bridgehead atoms. The second-order valence-corrected chi connectivity index (χ2v) is 16.1. The van der Waals surface area contributed by atoms with Gasteiger partial charge in [-0.15, -0.1) is 0 Å². The Bertz CT molecular complexity index is 1620. The number of benzene rings is 2. The lowest BCUT2D eigenvalue weighted by Crippen LogP contribution is -2.63. The zero-order valence-corrected chi connectivity index (χ0v) is 29.9. The summed E-state index contributed by atoms with van der Waals surface area (Å²) in [5.41, 5.74) is 1.32. The van der Waals surface area contributed by atoms with Crippen molar-refractivity contribution in [2.24, 2.45) is 5.92 Å². The molecule has 3 saturated heterocycles. The highest BCUT2D eigenvalue weighted by atomic mass is 19.1. The lowest BCUT2D eigenvalue weighted by atomic mass is 9.69. The molecule has 3 aromatic rings. The largest absolute Gasteiger partial charge is 0.444 e. The van der Waals surface area contributed by atoms with Gasteiger partial charge in [-0.25, -0.2) is 14.2 Å². The molecule has 1 N–H and O–H groups in total. The molecule has 8 nitrogen and oxygen atoms in total. The van der Waals surface area contributed by atoms with E-state index in [1.807, 2.05) is 45.6 Å². The van der Waals surface area contributed by atoms with Gasteiger partial charge in [-0.1, -0.05) is 38.1 Å². The van der Waals surface area contributed by atoms with Gasteiger partial charge in [-0.3, -0.25) is 9.69 Å². The Kier molecular flexibility index (Phi) is 9.39. The molecular weight excluding hydrogens is 605 g/mol. The Labute approximate surface area is 285 Å². The third-order valence-electron chi connectivity index (χ3n) is 11.6. The molecule has 260 valence electrons. The maximum Gasteiger partial charge on any atom is 0.408 e. The van der Waals surface area contributed by atoms with Gasteiger partial charge in [0, 0.05) is 31.2 Å². The molecule has 0 saturated carbocycles. The minimum absolute atomic E-state index is 0.0985. The van der Waals surface area contributed by atoms with Gasteiger partial charge in [0.25, 0.3) is 0 Å². The van der Waals surface area contributed by atoms with E-state index < -0.39 is 17.2 Å². The van der Waals surface area contributed by atoms with E-state index in [9.17, 15) is 14.0 Å². The van der Waals surface area contributed by atoms with Crippen LogP contribution < -0.4 is 5.32 Å². The Hall–Kier alpha value is -3.46. The second-order valence-electron chi connectivity index (χ2n) is 16.1. The van der Waals surface area contributed by atoms with Gasteiger partial charge in [0.2, 0.25) is 5.91 Å². The first kappa shape index (κ1) is 34.4. The van der Waals surface area contributed by atoms with Crippen LogP contribution >= 0.6 is 0 Å². The highest BCUT2D eigenvalue weighted by Crippen LogP contribution is 2.45. The van der Waals surface area contributed by atoms with Gasteiger partial charge in [0.1, 0.15) is 22.8 Å². The number of para-hydroxylation sites is 2. The van der Waals surface area contributed by atoms with E-state index in [-0.39, 0.29) is 23.1 Å². The molecule has 2 aromatic carbocycles. The van der Waals surface area contributed by atoms with E-state index in [0.717, 1.165) is 55.6 Å². The zero-order chi connectivity index (χ0) is 34.4. The number of carbonyl (C=O) groups excluding carboxylic acids is 2. The molecule has 3 aliphatic rings. The molecule has 3 unspecified atom stereocenters. The Morgan fingerprint density at radius 3 is 2.29 bits per heavy atom. The number of nitrogens with one attached hydrogen (secondary N) is 1. The number of imidazole rings is 1. The van der Waals surface area contributed by atoms with Crippen molar-refractivity contribution < 1.29 is 18.7 Å². The number of alkyl carbamates (subject to hydrolysis) is 1. The summed E-state index contributed by atoms with van der Waals surface area (Å²) < 4.78 is 22.7. The predicted molar refractivity (Wildman–Crippen MR) is 187 cm³/mol. The van der Waals surface area contributed by atoms with Crippen LogP contribution in [0.1, 0.15) is 104 Å². The maximum atomic E-state index is 14.7. The van der Waals surface area contributed by atoms with Crippen molar-refractivity contribution in [3.8, 4) is 0 Å². The van der Waals surface area contributed by atoms with Crippen LogP contribution in [-0.2, 0) is 14.9 Å². The molecule has 4 heterocycles. The van der Waals surface area contributed by atoms with E-state index >= 15 is 0 Å². The van der Waals surface area contributed by atoms with Crippen LogP contribution in [0.2, 0.25) is 0 Å². The van der Waals surface area contributed by atoms with Gasteiger partial charge in [-0.05, 0) is 127 Å². The molecule has 0 spiro atoms. The first-order valence-corrected chi connectivity index (χ1v) is 17.9. The van der Waals surface area contributed by atoms with Crippen LogP contribution in [0.25, 0.3) is 11.0 Å². The van der Waals surface area contributed by atoms with Crippen molar-refractivity contribution in [2.45, 2.75) is 128 Å². The Morgan fingerprint density at radius 2 is 1.67 bits per heavy atom. The summed E-state index contributed by atoms with van der Waals surface area (Å²) in [7, 11) is 0.